The van der Waals surface area contributed by atoms with Crippen molar-refractivity contribution >= 4 is 21.7 Å². The Kier molecular flexibility index (Phi) is 4.42. The first-order valence-corrected chi connectivity index (χ1v) is 7.43. The Labute approximate surface area is 132 Å². The number of ketones is 1. The van der Waals surface area contributed by atoms with Gasteiger partial charge in [-0.05, 0) is 54.8 Å². The lowest BCUT2D eigenvalue weighted by atomic mass is 9.96. The number of benzene rings is 1. The van der Waals surface area contributed by atoms with Gasteiger partial charge in [-0.1, -0.05) is 17.7 Å². The third kappa shape index (κ3) is 3.13. The summed E-state index contributed by atoms with van der Waals surface area (Å²) in [6.45, 7) is 7.56. The number of rotatable bonds is 3. The quantitative estimate of drug-likeness (QED) is 0.800. The second-order valence-electron chi connectivity index (χ2n) is 5.24. The van der Waals surface area contributed by atoms with Crippen LogP contribution in [-0.4, -0.2) is 15.3 Å². The van der Waals surface area contributed by atoms with Crippen molar-refractivity contribution in [2.24, 2.45) is 0 Å². The van der Waals surface area contributed by atoms with Crippen LogP contribution in [0, 0.1) is 27.7 Å². The second kappa shape index (κ2) is 5.93. The van der Waals surface area contributed by atoms with Gasteiger partial charge >= 0.3 is 0 Å². The molecule has 1 aromatic heterocycles. The molecule has 0 spiro atoms. The van der Waals surface area contributed by atoms with Crippen molar-refractivity contribution in [1.29, 1.82) is 0 Å². The molecule has 0 aliphatic heterocycles. The monoisotopic (exact) mass is 348 g/mol. The molecule has 0 N–H and O–H groups in total. The van der Waals surface area contributed by atoms with Crippen LogP contribution < -0.4 is 5.56 Å². The molecule has 0 aliphatic rings. The average Bonchev–Trinajstić information content (AvgIpc) is 2.38. The maximum atomic E-state index is 12.6. The molecule has 0 saturated heterocycles. The summed E-state index contributed by atoms with van der Waals surface area (Å²) in [6, 6.07) is 3.96. The fourth-order valence-electron chi connectivity index (χ4n) is 2.58. The van der Waals surface area contributed by atoms with Gasteiger partial charge in [0.1, 0.15) is 10.3 Å². The number of carbonyl (C=O) groups excluding carboxylic acids is 1. The van der Waals surface area contributed by atoms with Crippen molar-refractivity contribution in [3.05, 3.63) is 61.2 Å². The Morgan fingerprint density at radius 3 is 2.33 bits per heavy atom. The first-order chi connectivity index (χ1) is 9.81. The lowest BCUT2D eigenvalue weighted by Gasteiger charge is -2.13. The molecule has 1 aromatic carbocycles. The Morgan fingerprint density at radius 2 is 1.76 bits per heavy atom. The van der Waals surface area contributed by atoms with E-state index in [1.807, 2.05) is 32.9 Å². The van der Waals surface area contributed by atoms with Crippen LogP contribution in [0.25, 0.3) is 0 Å². The van der Waals surface area contributed by atoms with Crippen molar-refractivity contribution < 1.29 is 4.79 Å². The molecular formula is C16H17BrN2O2. The lowest BCUT2D eigenvalue weighted by Crippen LogP contribution is -2.28. The number of aromatic nitrogens is 2. The van der Waals surface area contributed by atoms with Crippen LogP contribution in [0.2, 0.25) is 0 Å². The fourth-order valence-corrected chi connectivity index (χ4v) is 2.90. The Bertz CT molecular complexity index is 755. The molecule has 21 heavy (non-hydrogen) atoms. The molecule has 0 atom stereocenters. The SMILES string of the molecule is Cc1cc(C)c(C(=O)Cn2c(C)ncc(Br)c2=O)c(C)c1. The van der Waals surface area contributed by atoms with Crippen molar-refractivity contribution in [2.75, 3.05) is 0 Å². The molecule has 0 unspecified atom stereocenters. The highest BCUT2D eigenvalue weighted by molar-refractivity contribution is 9.10. The van der Waals surface area contributed by atoms with E-state index < -0.39 is 0 Å². The minimum Gasteiger partial charge on any atom is -0.292 e. The van der Waals surface area contributed by atoms with E-state index in [0.717, 1.165) is 16.7 Å². The number of Topliss-reactive ketones (excluding diaryl/α,β-unsaturated/α-hetero) is 1. The van der Waals surface area contributed by atoms with Crippen molar-refractivity contribution in [3.8, 4) is 0 Å². The zero-order valence-electron chi connectivity index (χ0n) is 12.5. The highest BCUT2D eigenvalue weighted by atomic mass is 79.9. The standard InChI is InChI=1S/C16H17BrN2O2/c1-9-5-10(2)15(11(3)6-9)14(20)8-19-12(4)18-7-13(17)16(19)21/h5-7H,8H2,1-4H3. The Balaban J connectivity index is 2.45. The summed E-state index contributed by atoms with van der Waals surface area (Å²) in [5, 5.41) is 0. The summed E-state index contributed by atoms with van der Waals surface area (Å²) in [5.41, 5.74) is 3.45. The zero-order chi connectivity index (χ0) is 15.7. The van der Waals surface area contributed by atoms with Crippen molar-refractivity contribution in [3.63, 3.8) is 0 Å². The normalized spacial score (nSPS) is 10.7. The van der Waals surface area contributed by atoms with Gasteiger partial charge in [-0.2, -0.15) is 0 Å². The summed E-state index contributed by atoms with van der Waals surface area (Å²) in [6.07, 6.45) is 1.46. The first-order valence-electron chi connectivity index (χ1n) is 6.64. The smallest absolute Gasteiger partial charge is 0.268 e. The van der Waals surface area contributed by atoms with E-state index in [2.05, 4.69) is 20.9 Å². The van der Waals surface area contributed by atoms with Gasteiger partial charge in [0.25, 0.3) is 5.56 Å². The molecule has 0 aliphatic carbocycles. The van der Waals surface area contributed by atoms with Gasteiger partial charge in [0.15, 0.2) is 5.78 Å². The minimum atomic E-state index is -0.238. The topological polar surface area (TPSA) is 52.0 Å². The van der Waals surface area contributed by atoms with Gasteiger partial charge in [-0.15, -0.1) is 0 Å². The fraction of sp³-hybridized carbons (Fsp3) is 0.312. The largest absolute Gasteiger partial charge is 0.292 e. The first kappa shape index (κ1) is 15.6. The van der Waals surface area contributed by atoms with E-state index in [9.17, 15) is 9.59 Å². The number of carbonyl (C=O) groups is 1. The van der Waals surface area contributed by atoms with E-state index in [4.69, 9.17) is 0 Å². The van der Waals surface area contributed by atoms with Crippen LogP contribution in [0.1, 0.15) is 32.9 Å². The molecule has 0 saturated carbocycles. The Morgan fingerprint density at radius 1 is 1.19 bits per heavy atom. The molecule has 0 bridgehead atoms. The van der Waals surface area contributed by atoms with Crippen LogP contribution in [-0.2, 0) is 6.54 Å². The van der Waals surface area contributed by atoms with Crippen molar-refractivity contribution in [1.82, 2.24) is 9.55 Å². The van der Waals surface area contributed by atoms with Crippen LogP contribution in [0.15, 0.2) is 27.6 Å². The molecule has 2 aromatic rings. The molecule has 1 heterocycles. The molecule has 2 rings (SSSR count). The van der Waals surface area contributed by atoms with Crippen molar-refractivity contribution in [2.45, 2.75) is 34.2 Å². The number of aryl methyl sites for hydroxylation is 4. The summed E-state index contributed by atoms with van der Waals surface area (Å²) in [4.78, 5) is 28.8. The average molecular weight is 349 g/mol. The van der Waals surface area contributed by atoms with Crippen LogP contribution >= 0.6 is 15.9 Å². The predicted octanol–water partition coefficient (Wildman–Crippen LogP) is 3.12. The van der Waals surface area contributed by atoms with Gasteiger partial charge < -0.3 is 0 Å². The molecule has 0 radical (unpaired) electrons. The highest BCUT2D eigenvalue weighted by Gasteiger charge is 2.16. The molecule has 0 fully saturated rings. The summed E-state index contributed by atoms with van der Waals surface area (Å²) in [7, 11) is 0. The predicted molar refractivity (Wildman–Crippen MR) is 85.9 cm³/mol. The van der Waals surface area contributed by atoms with Crippen LogP contribution in [0.4, 0.5) is 0 Å². The van der Waals surface area contributed by atoms with E-state index in [-0.39, 0.29) is 17.9 Å². The summed E-state index contributed by atoms with van der Waals surface area (Å²) >= 11 is 3.16. The minimum absolute atomic E-state index is 0.00183. The molecule has 0 amide bonds. The number of nitrogens with zero attached hydrogens (tertiary/aromatic N) is 2. The van der Waals surface area contributed by atoms with Crippen LogP contribution in [0.5, 0.6) is 0 Å². The maximum Gasteiger partial charge on any atom is 0.268 e. The lowest BCUT2D eigenvalue weighted by molar-refractivity contribution is 0.0968. The van der Waals surface area contributed by atoms with E-state index in [0.29, 0.717) is 15.9 Å². The Hall–Kier alpha value is -1.75. The summed E-state index contributed by atoms with van der Waals surface area (Å²) < 4.78 is 1.75. The molecular weight excluding hydrogens is 332 g/mol. The molecule has 110 valence electrons. The van der Waals surface area contributed by atoms with E-state index in [1.54, 1.807) is 6.92 Å². The third-order valence-electron chi connectivity index (χ3n) is 3.46. The molecule has 5 heteroatoms. The van der Waals surface area contributed by atoms with Gasteiger partial charge in [-0.25, -0.2) is 4.98 Å². The molecule has 4 nitrogen and oxygen atoms in total. The highest BCUT2D eigenvalue weighted by Crippen LogP contribution is 2.17. The van der Waals surface area contributed by atoms with Gasteiger partial charge in [0.05, 0.1) is 6.54 Å². The maximum absolute atomic E-state index is 12.6. The zero-order valence-corrected chi connectivity index (χ0v) is 14.1. The van der Waals surface area contributed by atoms with Gasteiger partial charge in [0, 0.05) is 11.8 Å². The number of hydrogen-bond acceptors (Lipinski definition) is 3. The van der Waals surface area contributed by atoms with E-state index >= 15 is 0 Å². The third-order valence-corrected chi connectivity index (χ3v) is 4.01. The second-order valence-corrected chi connectivity index (χ2v) is 6.10. The van der Waals surface area contributed by atoms with Crippen LogP contribution in [0.3, 0.4) is 0 Å². The van der Waals surface area contributed by atoms with E-state index in [1.165, 1.54) is 10.8 Å². The summed E-state index contributed by atoms with van der Waals surface area (Å²) in [5.74, 6) is 0.453. The van der Waals surface area contributed by atoms with Gasteiger partial charge in [-0.3, -0.25) is 14.2 Å². The number of hydrogen-bond donors (Lipinski definition) is 0. The number of halogens is 1. The van der Waals surface area contributed by atoms with Gasteiger partial charge in [0.2, 0.25) is 0 Å².